The number of hydrogen-bond acceptors (Lipinski definition) is 8. The Morgan fingerprint density at radius 3 is 2.30 bits per heavy atom. The number of carbonyl (C=O) groups excluding carboxylic acids is 3. The third-order valence-corrected chi connectivity index (χ3v) is 5.00. The molecule has 0 aliphatic rings. The van der Waals surface area contributed by atoms with E-state index in [0.29, 0.717) is 11.3 Å². The predicted octanol–water partition coefficient (Wildman–Crippen LogP) is 3.57. The van der Waals surface area contributed by atoms with Gasteiger partial charge in [-0.25, -0.2) is 19.8 Å². The number of hydrazone groups is 1. The molecule has 30 heavy (non-hydrogen) atoms. The number of nitrogens with zero attached hydrogens (tertiary/aromatic N) is 1. The van der Waals surface area contributed by atoms with E-state index in [4.69, 9.17) is 14.2 Å². The van der Waals surface area contributed by atoms with Crippen molar-refractivity contribution < 1.29 is 28.6 Å². The van der Waals surface area contributed by atoms with Crippen molar-refractivity contribution in [2.45, 2.75) is 20.8 Å². The van der Waals surface area contributed by atoms with Crippen LogP contribution in [0.5, 0.6) is 5.75 Å². The van der Waals surface area contributed by atoms with Gasteiger partial charge >= 0.3 is 18.0 Å². The first kappa shape index (κ1) is 22.9. The lowest BCUT2D eigenvalue weighted by molar-refractivity contribution is 0.0527. The molecule has 160 valence electrons. The van der Waals surface area contributed by atoms with Gasteiger partial charge in [-0.1, -0.05) is 0 Å². The monoisotopic (exact) mass is 433 g/mol. The van der Waals surface area contributed by atoms with Gasteiger partial charge in [-0.05, 0) is 56.2 Å². The molecule has 1 aromatic heterocycles. The normalized spacial score (nSPS) is 10.5. The van der Waals surface area contributed by atoms with Crippen LogP contribution in [0.15, 0.2) is 29.4 Å². The third kappa shape index (κ3) is 5.80. The van der Waals surface area contributed by atoms with Crippen LogP contribution in [-0.2, 0) is 9.47 Å². The Bertz CT molecular complexity index is 937. The summed E-state index contributed by atoms with van der Waals surface area (Å²) in [6.45, 7) is 5.29. The van der Waals surface area contributed by atoms with Gasteiger partial charge in [-0.3, -0.25) is 5.32 Å². The molecular weight excluding hydrogens is 410 g/mol. The summed E-state index contributed by atoms with van der Waals surface area (Å²) in [6, 6.07) is 6.39. The van der Waals surface area contributed by atoms with E-state index >= 15 is 0 Å². The van der Waals surface area contributed by atoms with Crippen molar-refractivity contribution in [1.29, 1.82) is 0 Å². The lowest BCUT2D eigenvalue weighted by Gasteiger charge is -2.06. The molecule has 9 nitrogen and oxygen atoms in total. The highest BCUT2D eigenvalue weighted by molar-refractivity contribution is 7.18. The SMILES string of the molecule is CCOC(=O)c1sc(NC(=O)NN=Cc2ccc(OC)cc2)c(C(=O)OCC)c1C. The number of esters is 2. The number of nitrogens with one attached hydrogen (secondary N) is 2. The Hall–Kier alpha value is -3.40. The van der Waals surface area contributed by atoms with Crippen LogP contribution in [-0.4, -0.2) is 44.5 Å². The maximum atomic E-state index is 12.3. The number of amides is 2. The largest absolute Gasteiger partial charge is 0.497 e. The Kier molecular flexibility index (Phi) is 8.36. The minimum atomic E-state index is -0.679. The summed E-state index contributed by atoms with van der Waals surface area (Å²) >= 11 is 0.938. The number of methoxy groups -OCH3 is 1. The molecule has 0 aliphatic heterocycles. The number of carbonyl (C=O) groups is 3. The molecule has 0 atom stereocenters. The summed E-state index contributed by atoms with van der Waals surface area (Å²) in [7, 11) is 1.57. The fourth-order valence-electron chi connectivity index (χ4n) is 2.43. The minimum absolute atomic E-state index is 0.110. The number of thiophene rings is 1. The Labute approximate surface area is 178 Å². The van der Waals surface area contributed by atoms with Crippen molar-refractivity contribution in [3.8, 4) is 5.75 Å². The molecule has 2 N–H and O–H groups in total. The van der Waals surface area contributed by atoms with Crippen LogP contribution in [0.1, 0.15) is 45.0 Å². The van der Waals surface area contributed by atoms with Crippen LogP contribution < -0.4 is 15.5 Å². The van der Waals surface area contributed by atoms with E-state index in [1.54, 1.807) is 52.1 Å². The minimum Gasteiger partial charge on any atom is -0.497 e. The summed E-state index contributed by atoms with van der Waals surface area (Å²) in [5.41, 5.74) is 3.56. The summed E-state index contributed by atoms with van der Waals surface area (Å²) in [4.78, 5) is 36.9. The maximum Gasteiger partial charge on any atom is 0.348 e. The summed E-state index contributed by atoms with van der Waals surface area (Å²) in [6.07, 6.45) is 1.45. The van der Waals surface area contributed by atoms with E-state index < -0.39 is 18.0 Å². The second-order valence-corrected chi connectivity index (χ2v) is 6.82. The molecule has 2 amide bonds. The number of rotatable bonds is 8. The van der Waals surface area contributed by atoms with Gasteiger partial charge in [0.15, 0.2) is 0 Å². The van der Waals surface area contributed by atoms with Gasteiger partial charge in [0.25, 0.3) is 0 Å². The standard InChI is InChI=1S/C20H23N3O6S/c1-5-28-18(24)15-12(3)16(19(25)29-6-2)30-17(15)22-20(26)23-21-11-13-7-9-14(27-4)10-8-13/h7-11H,5-6H2,1-4H3,(H2,22,23,26). The fourth-order valence-corrected chi connectivity index (χ4v) is 3.51. The molecular formula is C20H23N3O6S. The Morgan fingerprint density at radius 2 is 1.70 bits per heavy atom. The number of urea groups is 1. The van der Waals surface area contributed by atoms with Gasteiger partial charge in [0, 0.05) is 0 Å². The summed E-state index contributed by atoms with van der Waals surface area (Å²) in [5, 5.41) is 6.58. The van der Waals surface area contributed by atoms with Gasteiger partial charge < -0.3 is 14.2 Å². The van der Waals surface area contributed by atoms with Crippen LogP contribution in [0.3, 0.4) is 0 Å². The molecule has 0 aliphatic carbocycles. The second kappa shape index (κ2) is 11.0. The highest BCUT2D eigenvalue weighted by atomic mass is 32.1. The van der Waals surface area contributed by atoms with E-state index in [1.807, 2.05) is 0 Å². The van der Waals surface area contributed by atoms with Gasteiger partial charge in [0.1, 0.15) is 15.6 Å². The topological polar surface area (TPSA) is 115 Å². The number of ether oxygens (including phenoxy) is 3. The molecule has 0 radical (unpaired) electrons. The molecule has 1 heterocycles. The zero-order chi connectivity index (χ0) is 22.1. The first-order valence-electron chi connectivity index (χ1n) is 9.12. The summed E-state index contributed by atoms with van der Waals surface area (Å²) < 4.78 is 15.1. The van der Waals surface area contributed by atoms with Gasteiger partial charge in [-0.15, -0.1) is 11.3 Å². The lowest BCUT2D eigenvalue weighted by atomic mass is 10.1. The fraction of sp³-hybridized carbons (Fsp3) is 0.300. The second-order valence-electron chi connectivity index (χ2n) is 5.80. The molecule has 10 heteroatoms. The molecule has 2 rings (SSSR count). The number of benzene rings is 1. The van der Waals surface area contributed by atoms with Crippen molar-refractivity contribution >= 4 is 40.5 Å². The van der Waals surface area contributed by atoms with Crippen LogP contribution >= 0.6 is 11.3 Å². The maximum absolute atomic E-state index is 12.3. The third-order valence-electron chi connectivity index (χ3n) is 3.81. The van der Waals surface area contributed by atoms with E-state index in [0.717, 1.165) is 16.9 Å². The molecule has 0 unspecified atom stereocenters. The van der Waals surface area contributed by atoms with Gasteiger partial charge in [0.05, 0.1) is 32.1 Å². The molecule has 0 fully saturated rings. The van der Waals surface area contributed by atoms with Crippen molar-refractivity contribution in [1.82, 2.24) is 5.43 Å². The van der Waals surface area contributed by atoms with Crippen LogP contribution in [0.25, 0.3) is 0 Å². The first-order chi connectivity index (χ1) is 14.4. The highest BCUT2D eigenvalue weighted by Crippen LogP contribution is 2.34. The van der Waals surface area contributed by atoms with Crippen LogP contribution in [0.2, 0.25) is 0 Å². The van der Waals surface area contributed by atoms with Crippen molar-refractivity contribution in [2.24, 2.45) is 5.10 Å². The smallest absolute Gasteiger partial charge is 0.348 e. The number of hydrogen-bond donors (Lipinski definition) is 2. The molecule has 0 saturated heterocycles. The van der Waals surface area contributed by atoms with E-state index in [-0.39, 0.29) is 28.7 Å². The Balaban J connectivity index is 2.15. The van der Waals surface area contributed by atoms with Crippen molar-refractivity contribution in [3.63, 3.8) is 0 Å². The lowest BCUT2D eigenvalue weighted by Crippen LogP contribution is -2.24. The van der Waals surface area contributed by atoms with Crippen LogP contribution in [0.4, 0.5) is 9.80 Å². The quantitative estimate of drug-likeness (QED) is 0.374. The zero-order valence-corrected chi connectivity index (χ0v) is 17.9. The average molecular weight is 433 g/mol. The van der Waals surface area contributed by atoms with E-state index in [2.05, 4.69) is 15.8 Å². The van der Waals surface area contributed by atoms with Gasteiger partial charge in [-0.2, -0.15) is 5.10 Å². The highest BCUT2D eigenvalue weighted by Gasteiger charge is 2.27. The molecule has 0 bridgehead atoms. The van der Waals surface area contributed by atoms with Crippen molar-refractivity contribution in [3.05, 3.63) is 45.8 Å². The first-order valence-corrected chi connectivity index (χ1v) is 9.94. The molecule has 0 spiro atoms. The van der Waals surface area contributed by atoms with E-state index in [1.165, 1.54) is 6.21 Å². The molecule has 1 aromatic carbocycles. The van der Waals surface area contributed by atoms with E-state index in [9.17, 15) is 14.4 Å². The Morgan fingerprint density at radius 1 is 1.07 bits per heavy atom. The predicted molar refractivity (Wildman–Crippen MR) is 114 cm³/mol. The number of anilines is 1. The zero-order valence-electron chi connectivity index (χ0n) is 17.1. The van der Waals surface area contributed by atoms with Crippen LogP contribution in [0, 0.1) is 6.92 Å². The average Bonchev–Trinajstić information content (AvgIpc) is 3.04. The molecule has 2 aromatic rings. The molecule has 0 saturated carbocycles. The van der Waals surface area contributed by atoms with Crippen molar-refractivity contribution in [2.75, 3.05) is 25.6 Å². The summed E-state index contributed by atoms with van der Waals surface area (Å²) in [5.74, 6) is -0.509. The van der Waals surface area contributed by atoms with Gasteiger partial charge in [0.2, 0.25) is 0 Å².